The van der Waals surface area contributed by atoms with Crippen LogP contribution in [-0.4, -0.2) is 34.4 Å². The van der Waals surface area contributed by atoms with Gasteiger partial charge in [0.25, 0.3) is 0 Å². The number of aromatic nitrogens is 1. The average Bonchev–Trinajstić information content (AvgIpc) is 3.16. The summed E-state index contributed by atoms with van der Waals surface area (Å²) >= 11 is 0. The van der Waals surface area contributed by atoms with Crippen LogP contribution in [0.15, 0.2) is 18.3 Å². The fraction of sp³-hybridized carbons (Fsp3) is 0.647. The second kappa shape index (κ2) is 6.55. The van der Waals surface area contributed by atoms with Gasteiger partial charge in [-0.15, -0.1) is 0 Å². The number of carbonyl (C=O) groups is 2. The van der Waals surface area contributed by atoms with Crippen molar-refractivity contribution in [3.05, 3.63) is 24.0 Å². The van der Waals surface area contributed by atoms with Crippen molar-refractivity contribution in [3.63, 3.8) is 0 Å². The van der Waals surface area contributed by atoms with Gasteiger partial charge in [-0.3, -0.25) is 9.59 Å². The molecule has 1 aromatic rings. The predicted molar refractivity (Wildman–Crippen MR) is 84.1 cm³/mol. The fourth-order valence-corrected chi connectivity index (χ4v) is 3.74. The molecule has 2 heterocycles. The van der Waals surface area contributed by atoms with E-state index in [0.717, 1.165) is 25.1 Å². The Morgan fingerprint density at radius 2 is 2.05 bits per heavy atom. The molecule has 0 bridgehead atoms. The summed E-state index contributed by atoms with van der Waals surface area (Å²) in [6.07, 6.45) is 7.41. The summed E-state index contributed by atoms with van der Waals surface area (Å²) in [5.41, 5.74) is 1.16. The van der Waals surface area contributed by atoms with E-state index in [1.165, 1.54) is 12.8 Å². The van der Waals surface area contributed by atoms with Gasteiger partial charge in [0.05, 0.1) is 12.6 Å². The van der Waals surface area contributed by atoms with Crippen molar-refractivity contribution >= 4 is 11.8 Å². The van der Waals surface area contributed by atoms with Gasteiger partial charge in [0.15, 0.2) is 0 Å². The Morgan fingerprint density at radius 3 is 2.82 bits per heavy atom. The summed E-state index contributed by atoms with van der Waals surface area (Å²) in [6, 6.07) is 4.15. The van der Waals surface area contributed by atoms with E-state index in [0.29, 0.717) is 18.9 Å². The average molecular weight is 303 g/mol. The number of hydrogen-bond donors (Lipinski definition) is 1. The fourth-order valence-electron chi connectivity index (χ4n) is 3.74. The molecule has 120 valence electrons. The van der Waals surface area contributed by atoms with Gasteiger partial charge in [-0.25, -0.2) is 0 Å². The third-order valence-corrected chi connectivity index (χ3v) is 5.05. The number of nitrogens with one attached hydrogen (secondary N) is 1. The first-order valence-corrected chi connectivity index (χ1v) is 8.36. The molecule has 1 fully saturated rings. The van der Waals surface area contributed by atoms with Crippen molar-refractivity contribution in [1.82, 2.24) is 14.8 Å². The van der Waals surface area contributed by atoms with Gasteiger partial charge in [0, 0.05) is 31.4 Å². The van der Waals surface area contributed by atoms with Crippen LogP contribution in [0.4, 0.5) is 0 Å². The smallest absolute Gasteiger partial charge is 0.242 e. The number of nitrogens with zero attached hydrogens (tertiary/aromatic N) is 2. The SMILES string of the molecule is C[C@H]1c2cccn2CCN1C(=O)CNC(=O)CC1CCCC1. The van der Waals surface area contributed by atoms with Gasteiger partial charge in [-0.2, -0.15) is 0 Å². The zero-order chi connectivity index (χ0) is 15.5. The molecular weight excluding hydrogens is 278 g/mol. The van der Waals surface area contributed by atoms with Crippen molar-refractivity contribution in [2.45, 2.75) is 51.6 Å². The molecule has 1 saturated carbocycles. The van der Waals surface area contributed by atoms with Gasteiger partial charge in [0.1, 0.15) is 0 Å². The summed E-state index contributed by atoms with van der Waals surface area (Å²) in [6.45, 7) is 3.70. The lowest BCUT2D eigenvalue weighted by Gasteiger charge is -2.35. The first-order chi connectivity index (χ1) is 10.6. The third kappa shape index (κ3) is 3.18. The maximum Gasteiger partial charge on any atom is 0.242 e. The summed E-state index contributed by atoms with van der Waals surface area (Å²) in [7, 11) is 0. The Labute approximate surface area is 131 Å². The maximum absolute atomic E-state index is 12.4. The monoisotopic (exact) mass is 303 g/mol. The van der Waals surface area contributed by atoms with E-state index in [-0.39, 0.29) is 24.4 Å². The van der Waals surface area contributed by atoms with E-state index < -0.39 is 0 Å². The summed E-state index contributed by atoms with van der Waals surface area (Å²) in [5.74, 6) is 0.556. The lowest BCUT2D eigenvalue weighted by Crippen LogP contribution is -2.45. The van der Waals surface area contributed by atoms with Crippen LogP contribution >= 0.6 is 0 Å². The lowest BCUT2D eigenvalue weighted by atomic mass is 10.0. The molecule has 22 heavy (non-hydrogen) atoms. The molecule has 0 spiro atoms. The molecule has 1 aliphatic heterocycles. The molecule has 1 atom stereocenters. The molecule has 3 rings (SSSR count). The summed E-state index contributed by atoms with van der Waals surface area (Å²) in [4.78, 5) is 26.2. The largest absolute Gasteiger partial charge is 0.348 e. The molecule has 2 aliphatic rings. The van der Waals surface area contributed by atoms with Gasteiger partial charge in [-0.1, -0.05) is 12.8 Å². The standard InChI is InChI=1S/C17H25N3O2/c1-13-15-7-4-8-19(15)9-10-20(13)17(22)12-18-16(21)11-14-5-2-3-6-14/h4,7-8,13-14H,2-3,5-6,9-12H2,1H3,(H,18,21)/t13-/m0/s1. The molecule has 0 radical (unpaired) electrons. The predicted octanol–water partition coefficient (Wildman–Crippen LogP) is 2.09. The molecule has 5 heteroatoms. The minimum atomic E-state index is 0.0136. The van der Waals surface area contributed by atoms with Gasteiger partial charge in [-0.05, 0) is 37.8 Å². The second-order valence-corrected chi connectivity index (χ2v) is 6.52. The molecule has 1 N–H and O–H groups in total. The van der Waals surface area contributed by atoms with Crippen LogP contribution in [-0.2, 0) is 16.1 Å². The molecule has 5 nitrogen and oxygen atoms in total. The number of fused-ring (bicyclic) bond motifs is 1. The van der Waals surface area contributed by atoms with Crippen molar-refractivity contribution in [2.75, 3.05) is 13.1 Å². The lowest BCUT2D eigenvalue weighted by molar-refractivity contribution is -0.135. The molecule has 1 aliphatic carbocycles. The van der Waals surface area contributed by atoms with Gasteiger partial charge >= 0.3 is 0 Å². The van der Waals surface area contributed by atoms with Crippen LogP contribution in [0.1, 0.15) is 50.8 Å². The summed E-state index contributed by atoms with van der Waals surface area (Å²) in [5, 5.41) is 2.81. The Hall–Kier alpha value is -1.78. The Kier molecular flexibility index (Phi) is 4.50. The Bertz CT molecular complexity index is 546. The molecule has 2 amide bonds. The highest BCUT2D eigenvalue weighted by Crippen LogP contribution is 2.27. The quantitative estimate of drug-likeness (QED) is 0.926. The molecule has 0 saturated heterocycles. The molecule has 0 unspecified atom stereocenters. The van der Waals surface area contributed by atoms with E-state index >= 15 is 0 Å². The van der Waals surface area contributed by atoms with E-state index in [2.05, 4.69) is 22.1 Å². The van der Waals surface area contributed by atoms with Gasteiger partial charge < -0.3 is 14.8 Å². The van der Waals surface area contributed by atoms with Crippen molar-refractivity contribution < 1.29 is 9.59 Å². The zero-order valence-electron chi connectivity index (χ0n) is 13.3. The van der Waals surface area contributed by atoms with Crippen LogP contribution in [0, 0.1) is 5.92 Å². The molecule has 0 aromatic carbocycles. The second-order valence-electron chi connectivity index (χ2n) is 6.52. The van der Waals surface area contributed by atoms with Crippen LogP contribution in [0.5, 0.6) is 0 Å². The number of carbonyl (C=O) groups excluding carboxylic acids is 2. The normalized spacial score (nSPS) is 21.7. The maximum atomic E-state index is 12.4. The van der Waals surface area contributed by atoms with E-state index in [9.17, 15) is 9.59 Å². The third-order valence-electron chi connectivity index (χ3n) is 5.05. The topological polar surface area (TPSA) is 54.3 Å². The highest BCUT2D eigenvalue weighted by Gasteiger charge is 2.27. The first-order valence-electron chi connectivity index (χ1n) is 8.36. The van der Waals surface area contributed by atoms with E-state index in [1.807, 2.05) is 17.9 Å². The zero-order valence-corrected chi connectivity index (χ0v) is 13.3. The van der Waals surface area contributed by atoms with Crippen molar-refractivity contribution in [3.8, 4) is 0 Å². The van der Waals surface area contributed by atoms with Crippen LogP contribution < -0.4 is 5.32 Å². The minimum absolute atomic E-state index is 0.0136. The van der Waals surface area contributed by atoms with Crippen LogP contribution in [0.25, 0.3) is 0 Å². The van der Waals surface area contributed by atoms with Crippen LogP contribution in [0.2, 0.25) is 0 Å². The first kappa shape index (κ1) is 15.1. The highest BCUT2D eigenvalue weighted by molar-refractivity contribution is 5.85. The minimum Gasteiger partial charge on any atom is -0.348 e. The van der Waals surface area contributed by atoms with E-state index in [4.69, 9.17) is 0 Å². The van der Waals surface area contributed by atoms with Crippen LogP contribution in [0.3, 0.4) is 0 Å². The number of hydrogen-bond acceptors (Lipinski definition) is 2. The van der Waals surface area contributed by atoms with Crippen molar-refractivity contribution in [1.29, 1.82) is 0 Å². The molecule has 1 aromatic heterocycles. The highest BCUT2D eigenvalue weighted by atomic mass is 16.2. The number of amides is 2. The molecular formula is C17H25N3O2. The summed E-state index contributed by atoms with van der Waals surface area (Å²) < 4.78 is 2.19. The Balaban J connectivity index is 1.49. The Morgan fingerprint density at radius 1 is 1.27 bits per heavy atom. The number of rotatable bonds is 4. The van der Waals surface area contributed by atoms with Crippen molar-refractivity contribution in [2.24, 2.45) is 5.92 Å². The van der Waals surface area contributed by atoms with E-state index in [1.54, 1.807) is 0 Å². The van der Waals surface area contributed by atoms with Gasteiger partial charge in [0.2, 0.25) is 11.8 Å².